The van der Waals surface area contributed by atoms with Crippen molar-refractivity contribution in [3.63, 3.8) is 0 Å². The van der Waals surface area contributed by atoms with Crippen LogP contribution in [0.1, 0.15) is 172 Å². The molecule has 0 saturated heterocycles. The Bertz CT molecular complexity index is 1020. The van der Waals surface area contributed by atoms with E-state index in [1.165, 1.54) is 101 Å². The van der Waals surface area contributed by atoms with Gasteiger partial charge < -0.3 is 29.3 Å². The van der Waals surface area contributed by atoms with Crippen molar-refractivity contribution in [2.75, 3.05) is 13.2 Å². The minimum atomic E-state index is -1.37. The average Bonchev–Trinajstić information content (AvgIpc) is 3.09. The van der Waals surface area contributed by atoms with E-state index in [0.717, 1.165) is 38.5 Å². The first-order valence-corrected chi connectivity index (χ1v) is 17.7. The van der Waals surface area contributed by atoms with Gasteiger partial charge in [-0.3, -0.25) is 0 Å². The Morgan fingerprint density at radius 1 is 0.490 bits per heavy atom. The van der Waals surface area contributed by atoms with Gasteiger partial charge in [0.1, 0.15) is 0 Å². The number of carbonyl (C=O) groups excluding carboxylic acids is 4. The molecule has 0 saturated carbocycles. The molecule has 0 N–H and O–H groups in total. The molecule has 49 heavy (non-hydrogen) atoms. The number of hydrogen-bond donors (Lipinski definition) is 0. The Morgan fingerprint density at radius 3 is 1.04 bits per heavy atom. The number of unbranched alkanes of at least 4 members (excludes halogenated alkanes) is 12. The summed E-state index contributed by atoms with van der Waals surface area (Å²) in [5.74, 6) is -3.98. The van der Waals surface area contributed by atoms with Gasteiger partial charge in [0, 0.05) is 11.1 Å². The quantitative estimate of drug-likeness (QED) is 0.0750. The van der Waals surface area contributed by atoms with Gasteiger partial charge in [-0.25, -0.2) is 9.59 Å². The first-order chi connectivity index (χ1) is 23.2. The van der Waals surface area contributed by atoms with E-state index < -0.39 is 23.9 Å². The fourth-order valence-electron chi connectivity index (χ4n) is 4.01. The summed E-state index contributed by atoms with van der Waals surface area (Å²) in [4.78, 5) is 44.5. The SMILES string of the molecule is CCCCOC(=O)c1ccccc1C(=O)[O-].CCCCOC(=O)c1ccccc1C(=O)[O-].[CH2]CCCCCCC.[CH2]CCCCCCC.[Sn+2]. The third kappa shape index (κ3) is 27.6. The first kappa shape index (κ1) is 50.5. The molecule has 2 rings (SSSR count). The zero-order chi connectivity index (χ0) is 36.4. The molecule has 9 heteroatoms. The van der Waals surface area contributed by atoms with E-state index in [-0.39, 0.29) is 46.2 Å². The Hall–Kier alpha value is -2.88. The molecule has 0 fully saturated rings. The summed E-state index contributed by atoms with van der Waals surface area (Å²) < 4.78 is 9.86. The maximum Gasteiger partial charge on any atom is 2.00 e. The predicted molar refractivity (Wildman–Crippen MR) is 195 cm³/mol. The van der Waals surface area contributed by atoms with Crippen LogP contribution in [0.4, 0.5) is 0 Å². The number of aromatic carboxylic acids is 2. The molecule has 0 aromatic heterocycles. The van der Waals surface area contributed by atoms with Crippen LogP contribution in [0.25, 0.3) is 0 Å². The molecular formula is C40H60O8Sn. The van der Waals surface area contributed by atoms with Gasteiger partial charge in [-0.1, -0.05) is 168 Å². The van der Waals surface area contributed by atoms with Crippen molar-refractivity contribution in [2.24, 2.45) is 0 Å². The molecule has 2 aromatic rings. The van der Waals surface area contributed by atoms with Crippen LogP contribution in [-0.4, -0.2) is 61.0 Å². The molecule has 4 radical (unpaired) electrons. The molecule has 2 aromatic carbocycles. The maximum absolute atomic E-state index is 11.5. The maximum atomic E-state index is 11.5. The minimum Gasteiger partial charge on any atom is -0.545 e. The monoisotopic (exact) mass is 788 g/mol. The van der Waals surface area contributed by atoms with E-state index in [9.17, 15) is 29.4 Å². The van der Waals surface area contributed by atoms with Crippen LogP contribution in [-0.2, 0) is 9.47 Å². The van der Waals surface area contributed by atoms with Crippen molar-refractivity contribution in [3.05, 3.63) is 84.6 Å². The normalized spacial score (nSPS) is 9.59. The van der Waals surface area contributed by atoms with Gasteiger partial charge in [0.25, 0.3) is 0 Å². The van der Waals surface area contributed by atoms with Gasteiger partial charge >= 0.3 is 35.8 Å². The second-order valence-electron chi connectivity index (χ2n) is 11.2. The number of hydrogen-bond acceptors (Lipinski definition) is 8. The summed E-state index contributed by atoms with van der Waals surface area (Å²) in [6, 6.07) is 11.7. The van der Waals surface area contributed by atoms with Gasteiger partial charge in [0.2, 0.25) is 0 Å². The summed E-state index contributed by atoms with van der Waals surface area (Å²) >= 11 is 0. The minimum absolute atomic E-state index is 0. The fraction of sp³-hybridized carbons (Fsp3) is 0.550. The van der Waals surface area contributed by atoms with Crippen molar-refractivity contribution in [1.29, 1.82) is 0 Å². The molecular weight excluding hydrogens is 727 g/mol. The molecule has 272 valence electrons. The number of carboxylic acids is 2. The molecule has 0 aliphatic carbocycles. The van der Waals surface area contributed by atoms with E-state index >= 15 is 0 Å². The first-order valence-electron chi connectivity index (χ1n) is 17.7. The van der Waals surface area contributed by atoms with Crippen molar-refractivity contribution in [1.82, 2.24) is 0 Å². The number of esters is 2. The molecule has 0 spiro atoms. The van der Waals surface area contributed by atoms with Crippen LogP contribution >= 0.6 is 0 Å². The van der Waals surface area contributed by atoms with Crippen LogP contribution in [0.15, 0.2) is 48.5 Å². The molecule has 0 amide bonds. The van der Waals surface area contributed by atoms with Gasteiger partial charge in [-0.15, -0.1) is 0 Å². The average molecular weight is 788 g/mol. The van der Waals surface area contributed by atoms with Crippen LogP contribution < -0.4 is 10.2 Å². The van der Waals surface area contributed by atoms with Gasteiger partial charge in [0.15, 0.2) is 0 Å². The standard InChI is InChI=1S/2C12H14O4.2C8H17.Sn/c2*1-2-3-8-16-12(15)10-7-5-4-6-9(10)11(13)14;2*1-3-5-7-8-6-4-2;/h2*4-7H,2-3,8H2,1H3,(H,13,14);2*1,3-8H2,2H3;/q;;;;+2/p-2. The molecule has 8 nitrogen and oxygen atoms in total. The van der Waals surface area contributed by atoms with Crippen LogP contribution in [0.3, 0.4) is 0 Å². The molecule has 0 atom stereocenters. The van der Waals surface area contributed by atoms with E-state index in [2.05, 4.69) is 27.7 Å². The number of ether oxygens (including phenoxy) is 2. The van der Waals surface area contributed by atoms with Crippen molar-refractivity contribution < 1.29 is 38.9 Å². The molecule has 0 aliphatic heterocycles. The van der Waals surface area contributed by atoms with Gasteiger partial charge in [-0.2, -0.15) is 0 Å². The van der Waals surface area contributed by atoms with E-state index in [4.69, 9.17) is 9.47 Å². The number of benzene rings is 2. The van der Waals surface area contributed by atoms with Crippen LogP contribution in [0.5, 0.6) is 0 Å². The van der Waals surface area contributed by atoms with E-state index in [1.54, 1.807) is 12.1 Å². The predicted octanol–water partition coefficient (Wildman–Crippen LogP) is 8.00. The van der Waals surface area contributed by atoms with Crippen LogP contribution in [0, 0.1) is 13.8 Å². The van der Waals surface area contributed by atoms with E-state index in [0.29, 0.717) is 13.2 Å². The topological polar surface area (TPSA) is 133 Å². The molecule has 0 aliphatic rings. The molecule has 0 unspecified atom stereocenters. The summed E-state index contributed by atoms with van der Waals surface area (Å²) in [5.41, 5.74) is -0.190. The zero-order valence-electron chi connectivity index (χ0n) is 30.5. The zero-order valence-corrected chi connectivity index (χ0v) is 33.4. The largest absolute Gasteiger partial charge is 2.00 e. The van der Waals surface area contributed by atoms with Crippen molar-refractivity contribution >= 4 is 47.8 Å². The Kier molecular flexibility index (Phi) is 37.5. The summed E-state index contributed by atoms with van der Waals surface area (Å²) in [6.45, 7) is 16.6. The Morgan fingerprint density at radius 2 is 0.776 bits per heavy atom. The van der Waals surface area contributed by atoms with Gasteiger partial charge in [0.05, 0.1) is 36.3 Å². The third-order valence-corrected chi connectivity index (χ3v) is 6.90. The Balaban J connectivity index is -0.000000603. The second-order valence-corrected chi connectivity index (χ2v) is 11.2. The Labute approximate surface area is 313 Å². The van der Waals surface area contributed by atoms with E-state index in [1.807, 2.05) is 13.8 Å². The number of carboxylic acid groups (broad SMARTS) is 2. The van der Waals surface area contributed by atoms with Gasteiger partial charge in [-0.05, 0) is 25.0 Å². The smallest absolute Gasteiger partial charge is 0.545 e. The summed E-state index contributed by atoms with van der Waals surface area (Å²) in [7, 11) is 0. The molecule has 0 heterocycles. The van der Waals surface area contributed by atoms with Crippen molar-refractivity contribution in [2.45, 2.75) is 130 Å². The second kappa shape index (κ2) is 36.4. The summed E-state index contributed by atoms with van der Waals surface area (Å²) in [5, 5.41) is 21.5. The number of carbonyl (C=O) groups is 4. The fourth-order valence-corrected chi connectivity index (χ4v) is 4.01. The van der Waals surface area contributed by atoms with Crippen molar-refractivity contribution in [3.8, 4) is 0 Å². The third-order valence-electron chi connectivity index (χ3n) is 6.90. The number of rotatable bonds is 20. The summed E-state index contributed by atoms with van der Waals surface area (Å²) in [6.07, 6.45) is 19.3. The van der Waals surface area contributed by atoms with Crippen LogP contribution in [0.2, 0.25) is 0 Å². The molecule has 0 bridgehead atoms.